The molecule has 0 saturated heterocycles. The van der Waals surface area contributed by atoms with Crippen molar-refractivity contribution in [2.75, 3.05) is 5.32 Å². The Kier molecular flexibility index (Phi) is 6.16. The molecule has 0 saturated carbocycles. The summed E-state index contributed by atoms with van der Waals surface area (Å²) in [4.78, 5) is 21.7. The van der Waals surface area contributed by atoms with E-state index in [1.54, 1.807) is 49.3 Å². The molecule has 4 rings (SSSR count). The predicted molar refractivity (Wildman–Crippen MR) is 127 cm³/mol. The highest BCUT2D eigenvalue weighted by atomic mass is 19.3. The van der Waals surface area contributed by atoms with Crippen molar-refractivity contribution in [3.63, 3.8) is 0 Å². The highest BCUT2D eigenvalue weighted by molar-refractivity contribution is 5.88. The van der Waals surface area contributed by atoms with E-state index in [9.17, 15) is 13.6 Å². The molecule has 0 aliphatic heterocycles. The van der Waals surface area contributed by atoms with Gasteiger partial charge in [0.1, 0.15) is 17.7 Å². The predicted octanol–water partition coefficient (Wildman–Crippen LogP) is 4.90. The summed E-state index contributed by atoms with van der Waals surface area (Å²) in [6.07, 6.45) is 8.21. The largest absolute Gasteiger partial charge is 0.352 e. The molecule has 1 aromatic carbocycles. The number of hydrogen-bond donors (Lipinski definition) is 1. The summed E-state index contributed by atoms with van der Waals surface area (Å²) < 4.78 is 30.1. The summed E-state index contributed by atoms with van der Waals surface area (Å²) >= 11 is 0. The number of aromatic nitrogens is 5. The number of terminal acetylenes is 1. The van der Waals surface area contributed by atoms with E-state index in [1.807, 2.05) is 13.8 Å². The zero-order valence-corrected chi connectivity index (χ0v) is 19.3. The van der Waals surface area contributed by atoms with Gasteiger partial charge in [0.05, 0.1) is 22.8 Å². The molecule has 0 unspecified atom stereocenters. The molecule has 0 spiro atoms. The van der Waals surface area contributed by atoms with Gasteiger partial charge in [-0.1, -0.05) is 24.1 Å². The summed E-state index contributed by atoms with van der Waals surface area (Å²) in [6.45, 7) is 7.31. The van der Waals surface area contributed by atoms with Crippen molar-refractivity contribution < 1.29 is 8.78 Å². The molecule has 34 heavy (non-hydrogen) atoms. The number of hydrogen-bond acceptors (Lipinski definition) is 5. The van der Waals surface area contributed by atoms with Crippen LogP contribution in [0.15, 0.2) is 47.7 Å². The molecule has 3 aromatic heterocycles. The van der Waals surface area contributed by atoms with Crippen molar-refractivity contribution in [1.29, 1.82) is 0 Å². The Morgan fingerprint density at radius 2 is 1.85 bits per heavy atom. The third kappa shape index (κ3) is 4.27. The first-order valence-corrected chi connectivity index (χ1v) is 10.8. The zero-order chi connectivity index (χ0) is 24.6. The Morgan fingerprint density at radius 1 is 1.12 bits per heavy atom. The summed E-state index contributed by atoms with van der Waals surface area (Å²) in [5.74, 6) is 3.47. The van der Waals surface area contributed by atoms with Crippen LogP contribution in [0, 0.1) is 26.2 Å². The van der Waals surface area contributed by atoms with Gasteiger partial charge in [0.15, 0.2) is 0 Å². The second-order valence-electron chi connectivity index (χ2n) is 8.28. The number of nitrogens with one attached hydrogen (secondary N) is 1. The van der Waals surface area contributed by atoms with E-state index >= 15 is 0 Å². The maximum absolute atomic E-state index is 13.4. The molecular weight excluding hydrogens is 438 g/mol. The minimum atomic E-state index is -2.61. The molecule has 0 radical (unpaired) electrons. The number of fused-ring (bicyclic) bond motifs is 1. The van der Waals surface area contributed by atoms with Crippen LogP contribution in [-0.2, 0) is 0 Å². The fraction of sp³-hybridized carbons (Fsp3) is 0.280. The SMILES string of the molecule is C#C[C@@H](Nc1nc(C)nc2cc(=O)n(-c3cnn(C(C)C)c3)cc12)c1cccc(C(F)F)c1C. The van der Waals surface area contributed by atoms with Gasteiger partial charge in [0, 0.05) is 30.1 Å². The van der Waals surface area contributed by atoms with Gasteiger partial charge >= 0.3 is 0 Å². The van der Waals surface area contributed by atoms with Crippen LogP contribution >= 0.6 is 0 Å². The molecule has 1 atom stereocenters. The van der Waals surface area contributed by atoms with Crippen molar-refractivity contribution in [2.45, 2.75) is 46.2 Å². The molecule has 4 aromatic rings. The fourth-order valence-corrected chi connectivity index (χ4v) is 3.83. The molecule has 0 aliphatic rings. The zero-order valence-electron chi connectivity index (χ0n) is 19.3. The first-order valence-electron chi connectivity index (χ1n) is 10.8. The van der Waals surface area contributed by atoms with E-state index in [1.165, 1.54) is 16.7 Å². The minimum absolute atomic E-state index is 0.0701. The van der Waals surface area contributed by atoms with E-state index in [4.69, 9.17) is 6.42 Å². The maximum atomic E-state index is 13.4. The Balaban J connectivity index is 1.83. The number of aryl methyl sites for hydroxylation is 1. The Labute approximate surface area is 195 Å². The van der Waals surface area contributed by atoms with E-state index in [0.29, 0.717) is 39.4 Å². The van der Waals surface area contributed by atoms with Crippen molar-refractivity contribution in [3.05, 3.63) is 75.7 Å². The monoisotopic (exact) mass is 462 g/mol. The van der Waals surface area contributed by atoms with Crippen LogP contribution in [0.3, 0.4) is 0 Å². The van der Waals surface area contributed by atoms with Crippen molar-refractivity contribution in [3.8, 4) is 18.0 Å². The number of halogens is 2. The molecular formula is C25H24F2N6O. The molecule has 1 N–H and O–H groups in total. The number of pyridine rings is 1. The van der Waals surface area contributed by atoms with Crippen LogP contribution < -0.4 is 10.9 Å². The van der Waals surface area contributed by atoms with Gasteiger partial charge in [0.2, 0.25) is 0 Å². The highest BCUT2D eigenvalue weighted by Gasteiger charge is 2.20. The van der Waals surface area contributed by atoms with Crippen LogP contribution in [0.5, 0.6) is 0 Å². The first kappa shape index (κ1) is 23.1. The number of nitrogens with zero attached hydrogens (tertiary/aromatic N) is 5. The van der Waals surface area contributed by atoms with Crippen molar-refractivity contribution in [1.82, 2.24) is 24.3 Å². The van der Waals surface area contributed by atoms with Gasteiger partial charge < -0.3 is 5.32 Å². The molecule has 0 fully saturated rings. The Hall–Kier alpha value is -4.06. The summed E-state index contributed by atoms with van der Waals surface area (Å²) in [6, 6.07) is 5.50. The lowest BCUT2D eigenvalue weighted by atomic mass is 9.97. The van der Waals surface area contributed by atoms with Crippen LogP contribution in [0.2, 0.25) is 0 Å². The molecule has 0 bridgehead atoms. The van der Waals surface area contributed by atoms with E-state index in [-0.39, 0.29) is 17.2 Å². The molecule has 0 amide bonds. The molecule has 3 heterocycles. The maximum Gasteiger partial charge on any atom is 0.264 e. The molecule has 7 nitrogen and oxygen atoms in total. The van der Waals surface area contributed by atoms with E-state index in [2.05, 4.69) is 26.3 Å². The standard InChI is InChI=1S/C25H24F2N6O/c1-6-21(18-8-7-9-19(15(18)4)24(26)27)31-25-20-13-32(17-11-28-33(12-17)14(2)3)23(34)10-22(20)29-16(5)30-25/h1,7-14,21,24H,2-5H3,(H,29,30,31)/t21-/m1/s1. The van der Waals surface area contributed by atoms with Crippen molar-refractivity contribution in [2.24, 2.45) is 0 Å². The van der Waals surface area contributed by atoms with Gasteiger partial charge in [-0.2, -0.15) is 5.10 Å². The highest BCUT2D eigenvalue weighted by Crippen LogP contribution is 2.30. The Morgan fingerprint density at radius 3 is 2.50 bits per heavy atom. The molecule has 9 heteroatoms. The molecule has 0 aliphatic carbocycles. The lowest BCUT2D eigenvalue weighted by Crippen LogP contribution is -2.18. The quantitative estimate of drug-likeness (QED) is 0.413. The minimum Gasteiger partial charge on any atom is -0.352 e. The topological polar surface area (TPSA) is 77.6 Å². The summed E-state index contributed by atoms with van der Waals surface area (Å²) in [5, 5.41) is 8.06. The Bertz CT molecular complexity index is 1460. The van der Waals surface area contributed by atoms with E-state index < -0.39 is 12.5 Å². The van der Waals surface area contributed by atoms with Crippen LogP contribution in [0.4, 0.5) is 14.6 Å². The first-order chi connectivity index (χ1) is 16.2. The average Bonchev–Trinajstić information content (AvgIpc) is 3.27. The smallest absolute Gasteiger partial charge is 0.264 e. The summed E-state index contributed by atoms with van der Waals surface area (Å²) in [5.41, 5.74) is 1.67. The van der Waals surface area contributed by atoms with Gasteiger partial charge in [0.25, 0.3) is 12.0 Å². The second kappa shape index (κ2) is 9.06. The summed E-state index contributed by atoms with van der Waals surface area (Å²) in [7, 11) is 0. The van der Waals surface area contributed by atoms with E-state index in [0.717, 1.165) is 0 Å². The lowest BCUT2D eigenvalue weighted by Gasteiger charge is -2.19. The average molecular weight is 463 g/mol. The number of rotatable bonds is 6. The van der Waals surface area contributed by atoms with Gasteiger partial charge in [-0.05, 0) is 38.8 Å². The fourth-order valence-electron chi connectivity index (χ4n) is 3.83. The lowest BCUT2D eigenvalue weighted by molar-refractivity contribution is 0.150. The third-order valence-electron chi connectivity index (χ3n) is 5.65. The van der Waals surface area contributed by atoms with Crippen molar-refractivity contribution >= 4 is 16.7 Å². The number of alkyl halides is 2. The van der Waals surface area contributed by atoms with Crippen LogP contribution in [0.25, 0.3) is 16.6 Å². The van der Waals surface area contributed by atoms with Crippen LogP contribution in [-0.4, -0.2) is 24.3 Å². The van der Waals surface area contributed by atoms with Gasteiger partial charge in [-0.25, -0.2) is 18.7 Å². The van der Waals surface area contributed by atoms with Gasteiger partial charge in [-0.3, -0.25) is 14.0 Å². The third-order valence-corrected chi connectivity index (χ3v) is 5.65. The number of benzene rings is 1. The van der Waals surface area contributed by atoms with Crippen LogP contribution in [0.1, 0.15) is 54.9 Å². The molecule has 174 valence electrons. The second-order valence-corrected chi connectivity index (χ2v) is 8.28. The number of anilines is 1. The normalized spacial score (nSPS) is 12.3. The van der Waals surface area contributed by atoms with Gasteiger partial charge in [-0.15, -0.1) is 6.42 Å².